The molecular weight excluding hydrogens is 787 g/mol. The summed E-state index contributed by atoms with van der Waals surface area (Å²) in [5.74, 6) is 3.82. The van der Waals surface area contributed by atoms with Gasteiger partial charge in [-0.15, -0.1) is 39.7 Å². The van der Waals surface area contributed by atoms with Crippen molar-refractivity contribution in [2.24, 2.45) is 29.1 Å². The minimum atomic E-state index is 0. The molecule has 0 aromatic heterocycles. The molecule has 4 aromatic carbocycles. The average Bonchev–Trinajstić information content (AvgIpc) is 3.76. The van der Waals surface area contributed by atoms with E-state index in [4.69, 9.17) is 0 Å². The molecular formula is C52H60Cl2Zr-2. The molecule has 288 valence electrons. The second-order valence-corrected chi connectivity index (χ2v) is 20.7. The maximum absolute atomic E-state index is 3.57. The molecule has 3 heteroatoms. The number of hydrogen-bond donors (Lipinski definition) is 0. The van der Waals surface area contributed by atoms with Gasteiger partial charge in [-0.2, -0.15) is 11.6 Å². The minimum Gasteiger partial charge on any atom is -1.00 e. The van der Waals surface area contributed by atoms with E-state index in [1.165, 1.54) is 103 Å². The van der Waals surface area contributed by atoms with E-state index in [9.17, 15) is 0 Å². The first kappa shape index (κ1) is 42.4. The zero-order valence-electron chi connectivity index (χ0n) is 34.7. The van der Waals surface area contributed by atoms with E-state index in [0.29, 0.717) is 11.3 Å². The summed E-state index contributed by atoms with van der Waals surface area (Å²) in [6.45, 7) is 20.5. The van der Waals surface area contributed by atoms with Crippen LogP contribution in [0.15, 0.2) is 90.0 Å². The minimum absolute atomic E-state index is 0. The number of benzene rings is 3. The van der Waals surface area contributed by atoms with Gasteiger partial charge in [0.1, 0.15) is 0 Å². The quantitative estimate of drug-likeness (QED) is 0.182. The van der Waals surface area contributed by atoms with E-state index in [0.717, 1.165) is 17.8 Å². The van der Waals surface area contributed by atoms with Gasteiger partial charge in [-0.05, 0) is 97.8 Å². The van der Waals surface area contributed by atoms with Gasteiger partial charge in [0, 0.05) is 10.8 Å². The van der Waals surface area contributed by atoms with Gasteiger partial charge in [-0.1, -0.05) is 89.3 Å². The Morgan fingerprint density at radius 1 is 0.745 bits per heavy atom. The first-order valence-electron chi connectivity index (χ1n) is 20.7. The SMILES string of the molecule is CC1=CC(C)(C)c2cc3[cH-]c4cc5c(cc4c3cc21)C(C)=CC5(C)C.CC1=[C-]C(C)C=C1CC12CC3CC(CC(C3)C1)C2.CC[C](=[Zr+2])c1ccccc1.[Cl-].[Cl-]. The van der Waals surface area contributed by atoms with Crippen LogP contribution in [0.3, 0.4) is 0 Å². The maximum atomic E-state index is 3.57. The number of allylic oxidation sites excluding steroid dienone is 8. The van der Waals surface area contributed by atoms with E-state index < -0.39 is 0 Å². The Balaban J connectivity index is 0.000000151. The van der Waals surface area contributed by atoms with Crippen LogP contribution in [0, 0.1) is 35.2 Å². The van der Waals surface area contributed by atoms with Gasteiger partial charge in [-0.25, -0.2) is 5.57 Å². The van der Waals surface area contributed by atoms with E-state index in [1.807, 2.05) is 0 Å². The van der Waals surface area contributed by atoms with E-state index in [1.54, 1.807) is 47.3 Å². The van der Waals surface area contributed by atoms with Crippen molar-refractivity contribution in [3.63, 3.8) is 0 Å². The van der Waals surface area contributed by atoms with Gasteiger partial charge in [0.2, 0.25) is 0 Å². The second kappa shape index (κ2) is 15.9. The summed E-state index contributed by atoms with van der Waals surface area (Å²) in [5, 5.41) is 5.57. The smallest absolute Gasteiger partial charge is 1.00 e. The van der Waals surface area contributed by atoms with E-state index >= 15 is 0 Å². The first-order chi connectivity index (χ1) is 25.1. The fourth-order valence-electron chi connectivity index (χ4n) is 12.1. The third kappa shape index (κ3) is 8.13. The van der Waals surface area contributed by atoms with Crippen LogP contribution in [-0.2, 0) is 35.1 Å². The monoisotopic (exact) mass is 844 g/mol. The van der Waals surface area contributed by atoms with Crippen LogP contribution in [0.4, 0.5) is 0 Å². The predicted octanol–water partition coefficient (Wildman–Crippen LogP) is 8.19. The average molecular weight is 847 g/mol. The molecule has 0 saturated heterocycles. The topological polar surface area (TPSA) is 0 Å². The van der Waals surface area contributed by atoms with Crippen molar-refractivity contribution in [3.05, 3.63) is 124 Å². The Morgan fingerprint density at radius 3 is 1.64 bits per heavy atom. The predicted molar refractivity (Wildman–Crippen MR) is 226 cm³/mol. The van der Waals surface area contributed by atoms with E-state index in [2.05, 4.69) is 147 Å². The number of rotatable bonds is 4. The van der Waals surface area contributed by atoms with Crippen LogP contribution in [-0.4, -0.2) is 3.21 Å². The zero-order valence-corrected chi connectivity index (χ0v) is 38.7. The molecule has 4 fully saturated rings. The van der Waals surface area contributed by atoms with Gasteiger partial charge in [0.25, 0.3) is 0 Å². The molecule has 1 atom stereocenters. The Bertz CT molecular complexity index is 2110. The first-order valence-corrected chi connectivity index (χ1v) is 21.9. The van der Waals surface area contributed by atoms with Crippen LogP contribution in [0.5, 0.6) is 0 Å². The molecule has 0 amide bonds. The molecule has 0 spiro atoms. The Labute approximate surface area is 359 Å². The van der Waals surface area contributed by atoms with Crippen LogP contribution in [0.1, 0.15) is 141 Å². The molecule has 7 aliphatic rings. The summed E-state index contributed by atoms with van der Waals surface area (Å²) in [5.41, 5.74) is 14.1. The molecule has 0 nitrogen and oxygen atoms in total. The van der Waals surface area contributed by atoms with Crippen molar-refractivity contribution in [1.29, 1.82) is 0 Å². The number of halogens is 2. The Hall–Kier alpha value is -2.18. The summed E-state index contributed by atoms with van der Waals surface area (Å²) in [7, 11) is 0. The zero-order chi connectivity index (χ0) is 37.4. The Kier molecular flexibility index (Phi) is 12.2. The molecule has 0 heterocycles. The molecule has 7 aliphatic carbocycles. The molecule has 55 heavy (non-hydrogen) atoms. The van der Waals surface area contributed by atoms with Crippen molar-refractivity contribution in [3.8, 4) is 0 Å². The summed E-state index contributed by atoms with van der Waals surface area (Å²) < 4.78 is 1.55. The van der Waals surface area contributed by atoms with Crippen LogP contribution in [0.25, 0.3) is 32.7 Å². The van der Waals surface area contributed by atoms with Gasteiger partial charge < -0.3 is 24.8 Å². The van der Waals surface area contributed by atoms with Crippen LogP contribution >= 0.6 is 0 Å². The summed E-state index contributed by atoms with van der Waals surface area (Å²) in [4.78, 5) is 0. The molecule has 4 bridgehead atoms. The van der Waals surface area contributed by atoms with Crippen molar-refractivity contribution in [2.75, 3.05) is 0 Å². The molecule has 0 N–H and O–H groups in total. The third-order valence-corrected chi connectivity index (χ3v) is 15.5. The van der Waals surface area contributed by atoms with Gasteiger partial charge >= 0.3 is 76.7 Å². The standard InChI is InChI=1S/C25H25.C18H25.C9H10.2ClH.Zr/c1-14-12-24(3,4)22-8-16-7-17-9-23-19(15(2)13-25(23,5)6)11-21(17)20(16)10-18(14)22;1-12-3-13(2)17(4-12)11-18-8-14-5-15(9-18)7-16(6-14)10-18;1-2-6-9-7-4-3-5-8-9;;;/h7-13H,1-6H3;4,12,14-16H,5-11H2,1-2H3;3-5,7-8H,2H2,1H3;2*1H;/q2*-1;;;;+2/p-2. The molecule has 4 saturated carbocycles. The summed E-state index contributed by atoms with van der Waals surface area (Å²) in [6, 6.07) is 22.7. The fraction of sp³-hybridized carbons (Fsp3) is 0.462. The van der Waals surface area contributed by atoms with Gasteiger partial charge in [0.05, 0.1) is 0 Å². The third-order valence-electron chi connectivity index (χ3n) is 14.0. The molecule has 1 unspecified atom stereocenters. The van der Waals surface area contributed by atoms with Crippen molar-refractivity contribution < 1.29 is 49.0 Å². The normalized spacial score (nSPS) is 27.0. The van der Waals surface area contributed by atoms with Crippen LogP contribution < -0.4 is 24.8 Å². The maximum Gasteiger partial charge on any atom is -1.00 e. The Morgan fingerprint density at radius 2 is 1.22 bits per heavy atom. The summed E-state index contributed by atoms with van der Waals surface area (Å²) in [6.07, 6.45) is 22.7. The van der Waals surface area contributed by atoms with E-state index in [-0.39, 0.29) is 35.6 Å². The van der Waals surface area contributed by atoms with Crippen molar-refractivity contribution in [1.82, 2.24) is 0 Å². The summed E-state index contributed by atoms with van der Waals surface area (Å²) >= 11 is 1.54. The molecule has 0 radical (unpaired) electrons. The fourth-order valence-corrected chi connectivity index (χ4v) is 12.5. The molecule has 0 aliphatic heterocycles. The number of hydrogen-bond acceptors (Lipinski definition) is 0. The second-order valence-electron chi connectivity index (χ2n) is 19.3. The van der Waals surface area contributed by atoms with Crippen molar-refractivity contribution >= 4 is 35.9 Å². The van der Waals surface area contributed by atoms with Crippen LogP contribution in [0.2, 0.25) is 0 Å². The molecule has 11 rings (SSSR count). The van der Waals surface area contributed by atoms with Gasteiger partial charge in [-0.3, -0.25) is 6.08 Å². The largest absolute Gasteiger partial charge is 1.00 e. The number of fused-ring (bicyclic) bond motifs is 5. The van der Waals surface area contributed by atoms with Crippen molar-refractivity contribution in [2.45, 2.75) is 125 Å². The van der Waals surface area contributed by atoms with Gasteiger partial charge in [0.15, 0.2) is 0 Å². The molecule has 4 aromatic rings.